The number of hydrogen-bond acceptors (Lipinski definition) is 2. The smallest absolute Gasteiger partial charge is 0.178 e. The van der Waals surface area contributed by atoms with Gasteiger partial charge in [0.15, 0.2) is 5.78 Å². The summed E-state index contributed by atoms with van der Waals surface area (Å²) in [5, 5.41) is 10.5. The van der Waals surface area contributed by atoms with Crippen molar-refractivity contribution < 1.29 is 9.90 Å². The SMILES string of the molecule is C=C1C[C@@H]2[C@@H](CC[C@]3(C)C(O)CC[C@@H]23)[C@@]2(C)C=CC(=O)C=C12. The van der Waals surface area contributed by atoms with Crippen LogP contribution >= 0.6 is 0 Å². The first-order valence-corrected chi connectivity index (χ1v) is 8.68. The number of ketones is 1. The number of hydrogen-bond donors (Lipinski definition) is 1. The average Bonchev–Trinajstić information content (AvgIpc) is 2.77. The quantitative estimate of drug-likeness (QED) is 0.738. The highest BCUT2D eigenvalue weighted by Crippen LogP contribution is 2.65. The number of aliphatic hydroxyl groups is 1. The van der Waals surface area contributed by atoms with Crippen molar-refractivity contribution in [3.05, 3.63) is 36.0 Å². The van der Waals surface area contributed by atoms with E-state index in [0.717, 1.165) is 37.7 Å². The van der Waals surface area contributed by atoms with Gasteiger partial charge in [-0.3, -0.25) is 4.79 Å². The minimum Gasteiger partial charge on any atom is -0.393 e. The Morgan fingerprint density at radius 2 is 2.00 bits per heavy atom. The Labute approximate surface area is 133 Å². The van der Waals surface area contributed by atoms with E-state index < -0.39 is 0 Å². The first-order chi connectivity index (χ1) is 10.4. The molecule has 0 heterocycles. The summed E-state index contributed by atoms with van der Waals surface area (Å²) in [5.74, 6) is 1.88. The standard InChI is InChI=1S/C20H26O2/c1-12-10-14-15-4-5-18(22)20(15,3)9-7-16(14)19(2)8-6-13(21)11-17(12)19/h6,8,11,14-16,18,22H,1,4-5,7,9-10H2,2-3H3/t14-,15-,16+,18?,19+,20-/m0/s1. The fourth-order valence-electron chi connectivity index (χ4n) is 6.18. The van der Waals surface area contributed by atoms with Gasteiger partial charge >= 0.3 is 0 Å². The molecule has 0 radical (unpaired) electrons. The molecular formula is C20H26O2. The summed E-state index contributed by atoms with van der Waals surface area (Å²) >= 11 is 0. The summed E-state index contributed by atoms with van der Waals surface area (Å²) in [6, 6.07) is 0. The zero-order valence-electron chi connectivity index (χ0n) is 13.6. The van der Waals surface area contributed by atoms with Crippen molar-refractivity contribution >= 4 is 5.78 Å². The summed E-state index contributed by atoms with van der Waals surface area (Å²) in [6.45, 7) is 8.89. The minimum absolute atomic E-state index is 0.0389. The maximum absolute atomic E-state index is 11.8. The second kappa shape index (κ2) is 4.44. The summed E-state index contributed by atoms with van der Waals surface area (Å²) in [4.78, 5) is 11.8. The highest BCUT2D eigenvalue weighted by Gasteiger charge is 2.58. The summed E-state index contributed by atoms with van der Waals surface area (Å²) in [6.07, 6.45) is 10.9. The van der Waals surface area contributed by atoms with Crippen LogP contribution in [0.4, 0.5) is 0 Å². The number of fused-ring (bicyclic) bond motifs is 5. The molecule has 6 atom stereocenters. The Morgan fingerprint density at radius 3 is 2.77 bits per heavy atom. The third-order valence-electron chi connectivity index (χ3n) is 7.48. The molecule has 4 aliphatic carbocycles. The molecule has 0 saturated heterocycles. The van der Waals surface area contributed by atoms with Crippen LogP contribution in [0.1, 0.15) is 46.0 Å². The molecule has 1 N–H and O–H groups in total. The fraction of sp³-hybridized carbons (Fsp3) is 0.650. The highest BCUT2D eigenvalue weighted by atomic mass is 16.3. The highest BCUT2D eigenvalue weighted by molar-refractivity contribution is 6.01. The molecule has 1 unspecified atom stereocenters. The Bertz CT molecular complexity index is 613. The average molecular weight is 298 g/mol. The molecule has 0 spiro atoms. The first kappa shape index (κ1) is 14.4. The maximum atomic E-state index is 11.8. The largest absolute Gasteiger partial charge is 0.393 e. The molecule has 0 aromatic carbocycles. The lowest BCUT2D eigenvalue weighted by atomic mass is 9.47. The van der Waals surface area contributed by atoms with Crippen LogP contribution in [0.25, 0.3) is 0 Å². The maximum Gasteiger partial charge on any atom is 0.178 e. The van der Waals surface area contributed by atoms with Gasteiger partial charge in [-0.2, -0.15) is 0 Å². The van der Waals surface area contributed by atoms with Gasteiger partial charge in [-0.25, -0.2) is 0 Å². The molecule has 4 rings (SSSR count). The molecule has 0 aliphatic heterocycles. The van der Waals surface area contributed by atoms with Crippen molar-refractivity contribution in [1.82, 2.24) is 0 Å². The van der Waals surface area contributed by atoms with E-state index in [2.05, 4.69) is 26.5 Å². The number of carbonyl (C=O) groups excluding carboxylic acids is 1. The molecule has 2 nitrogen and oxygen atoms in total. The van der Waals surface area contributed by atoms with E-state index in [1.165, 1.54) is 5.57 Å². The van der Waals surface area contributed by atoms with E-state index >= 15 is 0 Å². The third-order valence-corrected chi connectivity index (χ3v) is 7.48. The van der Waals surface area contributed by atoms with Crippen LogP contribution in [0.15, 0.2) is 36.0 Å². The van der Waals surface area contributed by atoms with E-state index in [0.29, 0.717) is 17.8 Å². The van der Waals surface area contributed by atoms with E-state index in [9.17, 15) is 9.90 Å². The van der Waals surface area contributed by atoms with Gasteiger partial charge in [0.25, 0.3) is 0 Å². The Balaban J connectivity index is 1.76. The molecule has 2 heteroatoms. The molecule has 0 aromatic heterocycles. The molecule has 0 amide bonds. The van der Waals surface area contributed by atoms with E-state index in [-0.39, 0.29) is 22.7 Å². The number of carbonyl (C=O) groups is 1. The van der Waals surface area contributed by atoms with Crippen LogP contribution in [0.2, 0.25) is 0 Å². The Hall–Kier alpha value is -1.15. The minimum atomic E-state index is -0.139. The van der Waals surface area contributed by atoms with Crippen LogP contribution in [-0.2, 0) is 4.79 Å². The van der Waals surface area contributed by atoms with Gasteiger partial charge in [0, 0.05) is 5.41 Å². The van der Waals surface area contributed by atoms with E-state index in [1.807, 2.05) is 6.08 Å². The first-order valence-electron chi connectivity index (χ1n) is 8.68. The van der Waals surface area contributed by atoms with Crippen molar-refractivity contribution in [2.24, 2.45) is 28.6 Å². The van der Waals surface area contributed by atoms with Gasteiger partial charge in [0.2, 0.25) is 0 Å². The van der Waals surface area contributed by atoms with Crippen molar-refractivity contribution in [3.8, 4) is 0 Å². The lowest BCUT2D eigenvalue weighted by Gasteiger charge is -2.57. The molecule has 0 aromatic rings. The fourth-order valence-corrected chi connectivity index (χ4v) is 6.18. The van der Waals surface area contributed by atoms with E-state index in [1.54, 1.807) is 6.08 Å². The van der Waals surface area contributed by atoms with Crippen LogP contribution in [0, 0.1) is 28.6 Å². The number of rotatable bonds is 0. The lowest BCUT2D eigenvalue weighted by molar-refractivity contribution is -0.111. The predicted octanol–water partition coefficient (Wildman–Crippen LogP) is 3.82. The monoisotopic (exact) mass is 298 g/mol. The van der Waals surface area contributed by atoms with Crippen LogP contribution < -0.4 is 0 Å². The van der Waals surface area contributed by atoms with Gasteiger partial charge in [0.1, 0.15) is 0 Å². The molecule has 3 fully saturated rings. The molecule has 0 bridgehead atoms. The van der Waals surface area contributed by atoms with Gasteiger partial charge < -0.3 is 5.11 Å². The van der Waals surface area contributed by atoms with Gasteiger partial charge in [0.05, 0.1) is 6.10 Å². The van der Waals surface area contributed by atoms with Crippen molar-refractivity contribution in [2.45, 2.75) is 52.1 Å². The molecule has 3 saturated carbocycles. The van der Waals surface area contributed by atoms with Crippen molar-refractivity contribution in [1.29, 1.82) is 0 Å². The van der Waals surface area contributed by atoms with Crippen molar-refractivity contribution in [2.75, 3.05) is 0 Å². The summed E-state index contributed by atoms with van der Waals surface area (Å²) in [7, 11) is 0. The second-order valence-electron chi connectivity index (χ2n) is 8.40. The van der Waals surface area contributed by atoms with Gasteiger partial charge in [-0.15, -0.1) is 0 Å². The Morgan fingerprint density at radius 1 is 1.23 bits per heavy atom. The normalized spacial score (nSPS) is 50.2. The number of aliphatic hydroxyl groups excluding tert-OH is 1. The number of allylic oxidation sites excluding steroid dienone is 5. The molecule has 22 heavy (non-hydrogen) atoms. The van der Waals surface area contributed by atoms with Crippen LogP contribution in [0.3, 0.4) is 0 Å². The van der Waals surface area contributed by atoms with E-state index in [4.69, 9.17) is 0 Å². The Kier molecular flexibility index (Phi) is 2.92. The zero-order valence-corrected chi connectivity index (χ0v) is 13.6. The van der Waals surface area contributed by atoms with Gasteiger partial charge in [-0.1, -0.05) is 32.1 Å². The van der Waals surface area contributed by atoms with Crippen LogP contribution in [-0.4, -0.2) is 17.0 Å². The molecule has 118 valence electrons. The van der Waals surface area contributed by atoms with Crippen molar-refractivity contribution in [3.63, 3.8) is 0 Å². The molecule has 4 aliphatic rings. The summed E-state index contributed by atoms with van der Waals surface area (Å²) in [5.41, 5.74) is 2.37. The predicted molar refractivity (Wildman–Crippen MR) is 87.1 cm³/mol. The topological polar surface area (TPSA) is 37.3 Å². The van der Waals surface area contributed by atoms with Crippen LogP contribution in [0.5, 0.6) is 0 Å². The van der Waals surface area contributed by atoms with Gasteiger partial charge in [-0.05, 0) is 73.0 Å². The molecular weight excluding hydrogens is 272 g/mol. The third kappa shape index (κ3) is 1.68. The zero-order chi connectivity index (χ0) is 15.7. The summed E-state index contributed by atoms with van der Waals surface area (Å²) < 4.78 is 0. The lowest BCUT2D eigenvalue weighted by Crippen LogP contribution is -2.50. The second-order valence-corrected chi connectivity index (χ2v) is 8.40.